The molecule has 102 valence electrons. The van der Waals surface area contributed by atoms with Gasteiger partial charge in [-0.05, 0) is 25.1 Å². The fourth-order valence-electron chi connectivity index (χ4n) is 1.39. The van der Waals surface area contributed by atoms with E-state index in [4.69, 9.17) is 5.11 Å². The molecule has 0 aliphatic rings. The van der Waals surface area contributed by atoms with Crippen LogP contribution in [-0.4, -0.2) is 47.9 Å². The van der Waals surface area contributed by atoms with E-state index in [1.165, 1.54) is 24.0 Å². The Morgan fingerprint density at radius 2 is 1.79 bits per heavy atom. The molecule has 0 radical (unpaired) electrons. The summed E-state index contributed by atoms with van der Waals surface area (Å²) in [5.41, 5.74) is 0.626. The van der Waals surface area contributed by atoms with Gasteiger partial charge in [0, 0.05) is 25.2 Å². The van der Waals surface area contributed by atoms with Crippen LogP contribution < -0.4 is 5.32 Å². The summed E-state index contributed by atoms with van der Waals surface area (Å²) in [6.07, 6.45) is 0. The molecule has 0 aliphatic carbocycles. The summed E-state index contributed by atoms with van der Waals surface area (Å²) < 4.78 is 0. The largest absolute Gasteiger partial charge is 0.480 e. The van der Waals surface area contributed by atoms with Crippen molar-refractivity contribution in [2.24, 2.45) is 0 Å². The zero-order chi connectivity index (χ0) is 14.6. The fraction of sp³-hybridized carbons (Fsp3) is 0.308. The summed E-state index contributed by atoms with van der Waals surface area (Å²) in [7, 11) is 3.23. The van der Waals surface area contributed by atoms with E-state index in [-0.39, 0.29) is 11.5 Å². The Labute approximate surface area is 111 Å². The molecular formula is C13H16N2O4. The van der Waals surface area contributed by atoms with E-state index >= 15 is 0 Å². The summed E-state index contributed by atoms with van der Waals surface area (Å²) in [4.78, 5) is 35.6. The molecule has 2 amide bonds. The minimum absolute atomic E-state index is 0.221. The van der Waals surface area contributed by atoms with Gasteiger partial charge in [0.15, 0.2) is 0 Å². The average Bonchev–Trinajstić information content (AvgIpc) is 2.37. The first-order chi connectivity index (χ1) is 8.82. The van der Waals surface area contributed by atoms with Crippen LogP contribution >= 0.6 is 0 Å². The van der Waals surface area contributed by atoms with Gasteiger partial charge < -0.3 is 15.3 Å². The molecule has 0 aromatic heterocycles. The van der Waals surface area contributed by atoms with Crippen molar-refractivity contribution in [3.05, 3.63) is 35.4 Å². The number of nitrogens with zero attached hydrogens (tertiary/aromatic N) is 1. The number of carbonyl (C=O) groups excluding carboxylic acids is 2. The fourth-order valence-corrected chi connectivity index (χ4v) is 1.39. The van der Waals surface area contributed by atoms with Gasteiger partial charge in [0.1, 0.15) is 6.04 Å². The second kappa shape index (κ2) is 5.99. The molecular weight excluding hydrogens is 248 g/mol. The highest BCUT2D eigenvalue weighted by molar-refractivity contribution is 6.00. The maximum Gasteiger partial charge on any atom is 0.325 e. The zero-order valence-electron chi connectivity index (χ0n) is 11.0. The predicted octanol–water partition coefficient (Wildman–Crippen LogP) is 0.591. The predicted molar refractivity (Wildman–Crippen MR) is 69.0 cm³/mol. The van der Waals surface area contributed by atoms with Gasteiger partial charge >= 0.3 is 5.97 Å². The van der Waals surface area contributed by atoms with Crippen LogP contribution in [0.4, 0.5) is 0 Å². The molecule has 1 aromatic rings. The third kappa shape index (κ3) is 3.80. The van der Waals surface area contributed by atoms with E-state index in [1.807, 2.05) is 0 Å². The summed E-state index contributed by atoms with van der Waals surface area (Å²) >= 11 is 0. The summed E-state index contributed by atoms with van der Waals surface area (Å²) in [6.45, 7) is 1.37. The Morgan fingerprint density at radius 3 is 2.32 bits per heavy atom. The molecule has 6 heteroatoms. The number of aliphatic carboxylic acids is 1. The van der Waals surface area contributed by atoms with E-state index in [0.717, 1.165) is 0 Å². The minimum Gasteiger partial charge on any atom is -0.480 e. The smallest absolute Gasteiger partial charge is 0.325 e. The van der Waals surface area contributed by atoms with Crippen molar-refractivity contribution in [2.75, 3.05) is 14.1 Å². The topological polar surface area (TPSA) is 86.7 Å². The lowest BCUT2D eigenvalue weighted by Gasteiger charge is -2.12. The first kappa shape index (κ1) is 14.7. The Kier molecular flexibility index (Phi) is 4.63. The van der Waals surface area contributed by atoms with E-state index in [1.54, 1.807) is 26.2 Å². The third-order valence-electron chi connectivity index (χ3n) is 2.50. The minimum atomic E-state index is -1.12. The van der Waals surface area contributed by atoms with Crippen LogP contribution in [0.5, 0.6) is 0 Å². The highest BCUT2D eigenvalue weighted by Gasteiger charge is 2.16. The van der Waals surface area contributed by atoms with Crippen molar-refractivity contribution in [3.8, 4) is 0 Å². The number of carbonyl (C=O) groups is 3. The van der Waals surface area contributed by atoms with Crippen molar-refractivity contribution in [3.63, 3.8) is 0 Å². The molecule has 19 heavy (non-hydrogen) atoms. The Hall–Kier alpha value is -2.37. The van der Waals surface area contributed by atoms with Crippen LogP contribution in [0.15, 0.2) is 24.3 Å². The number of rotatable bonds is 4. The van der Waals surface area contributed by atoms with Crippen molar-refractivity contribution in [1.82, 2.24) is 10.2 Å². The molecule has 2 N–H and O–H groups in total. The van der Waals surface area contributed by atoms with Crippen molar-refractivity contribution < 1.29 is 19.5 Å². The van der Waals surface area contributed by atoms with Crippen molar-refractivity contribution in [2.45, 2.75) is 13.0 Å². The van der Waals surface area contributed by atoms with Gasteiger partial charge in [0.25, 0.3) is 11.8 Å². The molecule has 0 saturated heterocycles. The molecule has 6 nitrogen and oxygen atoms in total. The Morgan fingerprint density at radius 1 is 1.21 bits per heavy atom. The highest BCUT2D eigenvalue weighted by Crippen LogP contribution is 2.07. The molecule has 0 aliphatic heterocycles. The van der Waals surface area contributed by atoms with Crippen LogP contribution in [-0.2, 0) is 4.79 Å². The summed E-state index contributed by atoms with van der Waals surface area (Å²) in [6, 6.07) is 5.15. The second-order valence-corrected chi connectivity index (χ2v) is 4.31. The molecule has 0 bridgehead atoms. The van der Waals surface area contributed by atoms with Gasteiger partial charge in [-0.3, -0.25) is 14.4 Å². The molecule has 0 saturated carbocycles. The lowest BCUT2D eigenvalue weighted by molar-refractivity contribution is -0.138. The molecule has 1 atom stereocenters. The lowest BCUT2D eigenvalue weighted by Crippen LogP contribution is -2.38. The SMILES string of the molecule is CC(NC(=O)c1cccc(C(=O)N(C)C)c1)C(=O)O. The number of benzene rings is 1. The third-order valence-corrected chi connectivity index (χ3v) is 2.50. The lowest BCUT2D eigenvalue weighted by atomic mass is 10.1. The number of carboxylic acids is 1. The number of amides is 2. The van der Waals surface area contributed by atoms with Gasteiger partial charge in [-0.2, -0.15) is 0 Å². The van der Waals surface area contributed by atoms with Crippen LogP contribution in [0.25, 0.3) is 0 Å². The second-order valence-electron chi connectivity index (χ2n) is 4.31. The van der Waals surface area contributed by atoms with E-state index in [2.05, 4.69) is 5.32 Å². The van der Waals surface area contributed by atoms with Crippen LogP contribution in [0.3, 0.4) is 0 Å². The number of nitrogens with one attached hydrogen (secondary N) is 1. The number of hydrogen-bond acceptors (Lipinski definition) is 3. The normalized spacial score (nSPS) is 11.5. The highest BCUT2D eigenvalue weighted by atomic mass is 16.4. The molecule has 1 rings (SSSR count). The van der Waals surface area contributed by atoms with Gasteiger partial charge in [-0.1, -0.05) is 6.07 Å². The van der Waals surface area contributed by atoms with Gasteiger partial charge in [0.05, 0.1) is 0 Å². The standard InChI is InChI=1S/C13H16N2O4/c1-8(13(18)19)14-11(16)9-5-4-6-10(7-9)12(17)15(2)3/h4-8H,1-3H3,(H,14,16)(H,18,19). The van der Waals surface area contributed by atoms with Gasteiger partial charge in [-0.15, -0.1) is 0 Å². The van der Waals surface area contributed by atoms with Crippen LogP contribution in [0.1, 0.15) is 27.6 Å². The summed E-state index contributed by atoms with van der Waals surface area (Å²) in [5.74, 6) is -1.86. The first-order valence-electron chi connectivity index (χ1n) is 5.68. The summed E-state index contributed by atoms with van der Waals surface area (Å²) in [5, 5.41) is 11.0. The van der Waals surface area contributed by atoms with E-state index in [0.29, 0.717) is 5.56 Å². The van der Waals surface area contributed by atoms with Crippen molar-refractivity contribution in [1.29, 1.82) is 0 Å². The molecule has 1 unspecified atom stereocenters. The van der Waals surface area contributed by atoms with Gasteiger partial charge in [0.2, 0.25) is 0 Å². The quantitative estimate of drug-likeness (QED) is 0.833. The molecule has 0 spiro atoms. The van der Waals surface area contributed by atoms with Gasteiger partial charge in [-0.25, -0.2) is 0 Å². The Bertz CT molecular complexity index is 511. The first-order valence-corrected chi connectivity index (χ1v) is 5.68. The Balaban J connectivity index is 2.90. The zero-order valence-corrected chi connectivity index (χ0v) is 11.0. The van der Waals surface area contributed by atoms with Crippen LogP contribution in [0.2, 0.25) is 0 Å². The number of carboxylic acid groups (broad SMARTS) is 1. The molecule has 1 aromatic carbocycles. The molecule has 0 fully saturated rings. The molecule has 0 heterocycles. The van der Waals surface area contributed by atoms with Crippen molar-refractivity contribution >= 4 is 17.8 Å². The van der Waals surface area contributed by atoms with E-state index in [9.17, 15) is 14.4 Å². The maximum atomic E-state index is 11.8. The maximum absolute atomic E-state index is 11.8. The number of hydrogen-bond donors (Lipinski definition) is 2. The monoisotopic (exact) mass is 264 g/mol. The average molecular weight is 264 g/mol. The van der Waals surface area contributed by atoms with Crippen LogP contribution in [0, 0.1) is 0 Å². The van der Waals surface area contributed by atoms with E-state index < -0.39 is 17.9 Å².